The maximum Gasteiger partial charge on any atom is 0.256 e. The van der Waals surface area contributed by atoms with Gasteiger partial charge in [0.05, 0.1) is 24.5 Å². The Kier molecular flexibility index (Phi) is 3.65. The van der Waals surface area contributed by atoms with Crippen LogP contribution in [-0.2, 0) is 28.1 Å². The van der Waals surface area contributed by atoms with Crippen LogP contribution in [-0.4, -0.2) is 23.7 Å². The second kappa shape index (κ2) is 5.30. The van der Waals surface area contributed by atoms with Gasteiger partial charge in [-0.3, -0.25) is 4.79 Å². The van der Waals surface area contributed by atoms with Crippen LogP contribution in [0, 0.1) is 5.92 Å². The number of nitrogens with zero attached hydrogens (tertiary/aromatic N) is 1. The molecular formula is C15H22N2O3. The van der Waals surface area contributed by atoms with Gasteiger partial charge in [-0.25, -0.2) is 4.98 Å². The van der Waals surface area contributed by atoms with Crippen LogP contribution in [0.4, 0.5) is 0 Å². The van der Waals surface area contributed by atoms with Gasteiger partial charge in [0.2, 0.25) is 0 Å². The van der Waals surface area contributed by atoms with Crippen molar-refractivity contribution in [3.05, 3.63) is 27.4 Å². The number of rotatable bonds is 2. The summed E-state index contributed by atoms with van der Waals surface area (Å²) in [7, 11) is 1.72. The van der Waals surface area contributed by atoms with E-state index in [0.717, 1.165) is 25.0 Å². The molecule has 2 atom stereocenters. The number of methoxy groups -OCH3 is 1. The van der Waals surface area contributed by atoms with E-state index in [-0.39, 0.29) is 5.56 Å². The minimum atomic E-state index is -0.426. The van der Waals surface area contributed by atoms with Crippen LogP contribution in [0.2, 0.25) is 0 Å². The smallest absolute Gasteiger partial charge is 0.256 e. The number of hydrogen-bond acceptors (Lipinski definition) is 4. The molecule has 0 spiro atoms. The molecule has 5 heteroatoms. The molecule has 1 aliphatic carbocycles. The molecule has 2 aliphatic rings. The Morgan fingerprint density at radius 1 is 1.50 bits per heavy atom. The third kappa shape index (κ3) is 2.29. The first kappa shape index (κ1) is 13.8. The minimum absolute atomic E-state index is 0.0700. The summed E-state index contributed by atoms with van der Waals surface area (Å²) in [4.78, 5) is 19.9. The van der Waals surface area contributed by atoms with Crippen molar-refractivity contribution in [2.24, 2.45) is 5.92 Å². The van der Waals surface area contributed by atoms with Crippen LogP contribution in [0.15, 0.2) is 4.79 Å². The van der Waals surface area contributed by atoms with Crippen LogP contribution in [0.3, 0.4) is 0 Å². The molecule has 2 heterocycles. The maximum absolute atomic E-state index is 12.2. The van der Waals surface area contributed by atoms with Crippen molar-refractivity contribution >= 4 is 0 Å². The monoisotopic (exact) mass is 278 g/mol. The summed E-state index contributed by atoms with van der Waals surface area (Å²) in [6.07, 6.45) is 4.88. The van der Waals surface area contributed by atoms with Crippen molar-refractivity contribution in [3.8, 4) is 0 Å². The second-order valence-electron chi connectivity index (χ2n) is 6.04. The quantitative estimate of drug-likeness (QED) is 0.897. The van der Waals surface area contributed by atoms with Crippen molar-refractivity contribution in [1.82, 2.24) is 9.97 Å². The van der Waals surface area contributed by atoms with E-state index in [1.54, 1.807) is 7.11 Å². The van der Waals surface area contributed by atoms with Gasteiger partial charge in [0.1, 0.15) is 11.4 Å². The first-order valence-electron chi connectivity index (χ1n) is 7.40. The van der Waals surface area contributed by atoms with Gasteiger partial charge in [0.25, 0.3) is 5.56 Å². The van der Waals surface area contributed by atoms with E-state index < -0.39 is 5.60 Å². The molecule has 1 N–H and O–H groups in total. The molecule has 0 aromatic carbocycles. The fraction of sp³-hybridized carbons (Fsp3) is 0.733. The third-order valence-corrected chi connectivity index (χ3v) is 4.61. The Balaban J connectivity index is 2.04. The standard InChI is InChI=1S/C15H22N2O3/c1-10-4-3-6-15(8-10,19-2)14-16-12-5-7-20-9-11(12)13(18)17-14/h10H,3-9H2,1-2H3,(H,16,17,18). The molecule has 0 radical (unpaired) electrons. The van der Waals surface area contributed by atoms with E-state index in [4.69, 9.17) is 14.5 Å². The molecule has 0 bridgehead atoms. The molecule has 1 saturated carbocycles. The highest BCUT2D eigenvalue weighted by Crippen LogP contribution is 2.40. The van der Waals surface area contributed by atoms with Gasteiger partial charge in [-0.05, 0) is 25.2 Å². The highest BCUT2D eigenvalue weighted by Gasteiger charge is 2.39. The first-order chi connectivity index (χ1) is 9.64. The van der Waals surface area contributed by atoms with Crippen LogP contribution in [0.1, 0.15) is 49.7 Å². The lowest BCUT2D eigenvalue weighted by molar-refractivity contribution is -0.0651. The predicted octanol–water partition coefficient (Wildman–Crippen LogP) is 1.89. The molecule has 1 aliphatic heterocycles. The largest absolute Gasteiger partial charge is 0.376 e. The predicted molar refractivity (Wildman–Crippen MR) is 74.5 cm³/mol. The van der Waals surface area contributed by atoms with Crippen molar-refractivity contribution in [3.63, 3.8) is 0 Å². The van der Waals surface area contributed by atoms with E-state index in [2.05, 4.69) is 11.9 Å². The highest BCUT2D eigenvalue weighted by molar-refractivity contribution is 5.21. The fourth-order valence-corrected chi connectivity index (χ4v) is 3.46. The Morgan fingerprint density at radius 3 is 3.10 bits per heavy atom. The zero-order valence-corrected chi connectivity index (χ0v) is 12.2. The summed E-state index contributed by atoms with van der Waals surface area (Å²) in [5.74, 6) is 1.30. The first-order valence-corrected chi connectivity index (χ1v) is 7.40. The van der Waals surface area contributed by atoms with Gasteiger partial charge in [-0.2, -0.15) is 0 Å². The number of fused-ring (bicyclic) bond motifs is 1. The van der Waals surface area contributed by atoms with Crippen LogP contribution in [0.5, 0.6) is 0 Å². The number of hydrogen-bond donors (Lipinski definition) is 1. The molecule has 0 amide bonds. The molecular weight excluding hydrogens is 256 g/mol. The lowest BCUT2D eigenvalue weighted by atomic mass is 9.78. The molecule has 3 rings (SSSR count). The molecule has 5 nitrogen and oxygen atoms in total. The third-order valence-electron chi connectivity index (χ3n) is 4.61. The maximum atomic E-state index is 12.2. The Hall–Kier alpha value is -1.20. The average Bonchev–Trinajstić information content (AvgIpc) is 2.47. The lowest BCUT2D eigenvalue weighted by Crippen LogP contribution is -2.39. The van der Waals surface area contributed by atoms with Gasteiger partial charge < -0.3 is 14.5 Å². The van der Waals surface area contributed by atoms with E-state index in [9.17, 15) is 4.79 Å². The molecule has 2 unspecified atom stereocenters. The number of aromatic nitrogens is 2. The lowest BCUT2D eigenvalue weighted by Gasteiger charge is -2.38. The number of nitrogens with one attached hydrogen (secondary N) is 1. The summed E-state index contributed by atoms with van der Waals surface area (Å²) >= 11 is 0. The Bertz CT molecular complexity index is 555. The van der Waals surface area contributed by atoms with Crippen molar-refractivity contribution in [2.75, 3.05) is 13.7 Å². The zero-order valence-electron chi connectivity index (χ0n) is 12.2. The Morgan fingerprint density at radius 2 is 2.35 bits per heavy atom. The van der Waals surface area contributed by atoms with Gasteiger partial charge in [0, 0.05) is 13.5 Å². The van der Waals surface area contributed by atoms with E-state index in [1.165, 1.54) is 6.42 Å². The normalized spacial score (nSPS) is 30.0. The zero-order chi connectivity index (χ0) is 14.2. The fourth-order valence-electron chi connectivity index (χ4n) is 3.46. The van der Waals surface area contributed by atoms with Crippen molar-refractivity contribution in [1.29, 1.82) is 0 Å². The molecule has 20 heavy (non-hydrogen) atoms. The number of aromatic amines is 1. The molecule has 1 fully saturated rings. The second-order valence-corrected chi connectivity index (χ2v) is 6.04. The van der Waals surface area contributed by atoms with Crippen LogP contribution < -0.4 is 5.56 Å². The van der Waals surface area contributed by atoms with Gasteiger partial charge in [-0.15, -0.1) is 0 Å². The topological polar surface area (TPSA) is 64.2 Å². The molecule has 1 aromatic rings. The van der Waals surface area contributed by atoms with Crippen molar-refractivity contribution < 1.29 is 9.47 Å². The highest BCUT2D eigenvalue weighted by atomic mass is 16.5. The average molecular weight is 278 g/mol. The minimum Gasteiger partial charge on any atom is -0.376 e. The summed E-state index contributed by atoms with van der Waals surface area (Å²) in [5, 5.41) is 0. The van der Waals surface area contributed by atoms with E-state index in [1.807, 2.05) is 0 Å². The summed E-state index contributed by atoms with van der Waals surface area (Å²) in [6.45, 7) is 3.24. The van der Waals surface area contributed by atoms with Crippen molar-refractivity contribution in [2.45, 2.75) is 51.2 Å². The SMILES string of the molecule is COC1(c2nc3c(c(=O)[nH]2)COCC3)CCCC(C)C1. The van der Waals surface area contributed by atoms with Gasteiger partial charge >= 0.3 is 0 Å². The van der Waals surface area contributed by atoms with Gasteiger partial charge in [0.15, 0.2) is 0 Å². The molecule has 110 valence electrons. The number of H-pyrrole nitrogens is 1. The van der Waals surface area contributed by atoms with Crippen LogP contribution >= 0.6 is 0 Å². The van der Waals surface area contributed by atoms with Crippen LogP contribution in [0.25, 0.3) is 0 Å². The van der Waals surface area contributed by atoms with Gasteiger partial charge in [-0.1, -0.05) is 13.3 Å². The Labute approximate surface area is 118 Å². The summed E-state index contributed by atoms with van der Waals surface area (Å²) < 4.78 is 11.2. The summed E-state index contributed by atoms with van der Waals surface area (Å²) in [5.41, 5.74) is 1.06. The van der Waals surface area contributed by atoms with E-state index >= 15 is 0 Å². The number of ether oxygens (including phenoxy) is 2. The van der Waals surface area contributed by atoms with E-state index in [0.29, 0.717) is 36.9 Å². The summed E-state index contributed by atoms with van der Waals surface area (Å²) in [6, 6.07) is 0. The molecule has 0 saturated heterocycles. The molecule has 1 aromatic heterocycles.